The molecule has 1 N–H and O–H groups in total. The first-order valence-corrected chi connectivity index (χ1v) is 6.92. The summed E-state index contributed by atoms with van der Waals surface area (Å²) in [6.45, 7) is 0. The molecule has 17 heavy (non-hydrogen) atoms. The van der Waals surface area contributed by atoms with Gasteiger partial charge >= 0.3 is 0 Å². The smallest absolute Gasteiger partial charge is 0.177 e. The van der Waals surface area contributed by atoms with Crippen LogP contribution in [0.25, 0.3) is 0 Å². The molecule has 0 aliphatic heterocycles. The van der Waals surface area contributed by atoms with Crippen LogP contribution in [-0.4, -0.2) is 19.7 Å². The molecule has 4 nitrogen and oxygen atoms in total. The van der Waals surface area contributed by atoms with Crippen molar-refractivity contribution < 1.29 is 8.42 Å². The van der Waals surface area contributed by atoms with Gasteiger partial charge in [0.1, 0.15) is 0 Å². The Morgan fingerprint density at radius 3 is 2.35 bits per heavy atom. The lowest BCUT2D eigenvalue weighted by atomic mass is 10.3. The molecule has 5 heteroatoms. The second-order valence-corrected chi connectivity index (χ2v) is 5.61. The Hall–Kier alpha value is -1.88. The molecule has 0 atom stereocenters. The fraction of sp³-hybridized carbons (Fsp3) is 0.0833. The van der Waals surface area contributed by atoms with E-state index in [4.69, 9.17) is 0 Å². The molecule has 0 saturated heterocycles. The zero-order valence-electron chi connectivity index (χ0n) is 9.29. The minimum absolute atomic E-state index is 0.289. The van der Waals surface area contributed by atoms with Crippen molar-refractivity contribution in [2.75, 3.05) is 11.6 Å². The number of nitrogens with one attached hydrogen (secondary N) is 1. The van der Waals surface area contributed by atoms with Crippen LogP contribution >= 0.6 is 0 Å². The molecule has 0 radical (unpaired) electrons. The van der Waals surface area contributed by atoms with Gasteiger partial charge < -0.3 is 5.32 Å². The standard InChI is InChI=1S/C12H12N2O2S/c1-17(15,16)12-5-3-2-4-11(12)14-10-6-8-13-9-7-10/h2-9H,1H3,(H,13,14). The number of rotatable bonds is 3. The van der Waals surface area contributed by atoms with Crippen molar-refractivity contribution >= 4 is 21.2 Å². The van der Waals surface area contributed by atoms with Crippen LogP contribution in [0.1, 0.15) is 0 Å². The van der Waals surface area contributed by atoms with E-state index in [-0.39, 0.29) is 4.90 Å². The van der Waals surface area contributed by atoms with Crippen molar-refractivity contribution in [1.82, 2.24) is 4.98 Å². The summed E-state index contributed by atoms with van der Waals surface area (Å²) in [6, 6.07) is 10.4. The zero-order valence-corrected chi connectivity index (χ0v) is 10.1. The number of para-hydroxylation sites is 1. The number of anilines is 2. The number of sulfone groups is 1. The second-order valence-electron chi connectivity index (χ2n) is 3.63. The number of benzene rings is 1. The third-order valence-electron chi connectivity index (χ3n) is 2.25. The SMILES string of the molecule is CS(=O)(=O)c1ccccc1Nc1ccncc1. The van der Waals surface area contributed by atoms with Crippen LogP contribution in [0.2, 0.25) is 0 Å². The fourth-order valence-electron chi connectivity index (χ4n) is 1.48. The first-order chi connectivity index (χ1) is 8.07. The van der Waals surface area contributed by atoms with Gasteiger partial charge in [-0.1, -0.05) is 12.1 Å². The summed E-state index contributed by atoms with van der Waals surface area (Å²) in [4.78, 5) is 4.19. The van der Waals surface area contributed by atoms with E-state index in [0.717, 1.165) is 5.69 Å². The Morgan fingerprint density at radius 2 is 1.71 bits per heavy atom. The summed E-state index contributed by atoms with van der Waals surface area (Å²) < 4.78 is 23.2. The molecule has 1 heterocycles. The van der Waals surface area contributed by atoms with Crippen molar-refractivity contribution in [1.29, 1.82) is 0 Å². The summed E-state index contributed by atoms with van der Waals surface area (Å²) in [5.41, 5.74) is 1.37. The lowest BCUT2D eigenvalue weighted by Crippen LogP contribution is -2.02. The van der Waals surface area contributed by atoms with Gasteiger partial charge in [0.15, 0.2) is 9.84 Å². The van der Waals surface area contributed by atoms with Gasteiger partial charge in [0.05, 0.1) is 10.6 Å². The van der Waals surface area contributed by atoms with Crippen LogP contribution in [0.5, 0.6) is 0 Å². The summed E-state index contributed by atoms with van der Waals surface area (Å²) in [7, 11) is -3.23. The maximum absolute atomic E-state index is 11.6. The zero-order chi connectivity index (χ0) is 12.3. The van der Waals surface area contributed by atoms with Crippen LogP contribution in [0, 0.1) is 0 Å². The quantitative estimate of drug-likeness (QED) is 0.904. The van der Waals surface area contributed by atoms with Crippen molar-refractivity contribution in [2.24, 2.45) is 0 Å². The molecule has 0 fully saturated rings. The molecule has 88 valence electrons. The highest BCUT2D eigenvalue weighted by Gasteiger charge is 2.12. The molecule has 0 unspecified atom stereocenters. The molecule has 0 amide bonds. The molecule has 1 aromatic carbocycles. The highest BCUT2D eigenvalue weighted by molar-refractivity contribution is 7.90. The predicted molar refractivity (Wildman–Crippen MR) is 67.1 cm³/mol. The maximum atomic E-state index is 11.6. The van der Waals surface area contributed by atoms with E-state index >= 15 is 0 Å². The molecular formula is C12H12N2O2S. The Bertz CT molecular complexity index is 609. The third-order valence-corrected chi connectivity index (χ3v) is 3.40. The predicted octanol–water partition coefficient (Wildman–Crippen LogP) is 2.23. The van der Waals surface area contributed by atoms with Gasteiger partial charge in [0.25, 0.3) is 0 Å². The molecular weight excluding hydrogens is 236 g/mol. The molecule has 1 aromatic heterocycles. The van der Waals surface area contributed by atoms with Gasteiger partial charge in [-0.25, -0.2) is 8.42 Å². The van der Waals surface area contributed by atoms with E-state index < -0.39 is 9.84 Å². The second kappa shape index (κ2) is 4.55. The van der Waals surface area contributed by atoms with Gasteiger partial charge in [-0.3, -0.25) is 4.98 Å². The number of nitrogens with zero attached hydrogens (tertiary/aromatic N) is 1. The van der Waals surface area contributed by atoms with Crippen molar-refractivity contribution in [3.8, 4) is 0 Å². The van der Waals surface area contributed by atoms with E-state index in [1.807, 2.05) is 0 Å². The minimum Gasteiger partial charge on any atom is -0.354 e. The largest absolute Gasteiger partial charge is 0.354 e. The average molecular weight is 248 g/mol. The fourth-order valence-corrected chi connectivity index (χ4v) is 2.33. The Balaban J connectivity index is 2.41. The first-order valence-electron chi connectivity index (χ1n) is 5.03. The van der Waals surface area contributed by atoms with Crippen molar-refractivity contribution in [2.45, 2.75) is 4.90 Å². The summed E-state index contributed by atoms with van der Waals surface area (Å²) in [6.07, 6.45) is 4.48. The topological polar surface area (TPSA) is 59.1 Å². The number of pyridine rings is 1. The maximum Gasteiger partial charge on any atom is 0.177 e. The Labute approximate surface area is 100 Å². The monoisotopic (exact) mass is 248 g/mol. The highest BCUT2D eigenvalue weighted by atomic mass is 32.2. The lowest BCUT2D eigenvalue weighted by molar-refractivity contribution is 0.602. The Morgan fingerprint density at radius 1 is 1.06 bits per heavy atom. The normalized spacial score (nSPS) is 11.1. The van der Waals surface area contributed by atoms with Crippen LogP contribution in [0.4, 0.5) is 11.4 Å². The van der Waals surface area contributed by atoms with E-state index in [0.29, 0.717) is 5.69 Å². The molecule has 0 aliphatic rings. The molecule has 2 rings (SSSR count). The number of hydrogen-bond acceptors (Lipinski definition) is 4. The van der Waals surface area contributed by atoms with E-state index in [1.165, 1.54) is 6.26 Å². The van der Waals surface area contributed by atoms with E-state index in [9.17, 15) is 8.42 Å². The number of aromatic nitrogens is 1. The molecule has 0 aliphatic carbocycles. The first kappa shape index (κ1) is 11.6. The van der Waals surface area contributed by atoms with Gasteiger partial charge in [-0.15, -0.1) is 0 Å². The molecule has 0 saturated carbocycles. The third kappa shape index (κ3) is 2.82. The lowest BCUT2D eigenvalue weighted by Gasteiger charge is -2.10. The van der Waals surface area contributed by atoms with Crippen LogP contribution in [0.3, 0.4) is 0 Å². The van der Waals surface area contributed by atoms with Crippen molar-refractivity contribution in [3.63, 3.8) is 0 Å². The van der Waals surface area contributed by atoms with Crippen LogP contribution in [-0.2, 0) is 9.84 Å². The average Bonchev–Trinajstić information content (AvgIpc) is 2.30. The molecule has 2 aromatic rings. The van der Waals surface area contributed by atoms with E-state index in [2.05, 4.69) is 10.3 Å². The van der Waals surface area contributed by atoms with Crippen LogP contribution < -0.4 is 5.32 Å². The Kier molecular flexibility index (Phi) is 3.10. The van der Waals surface area contributed by atoms with Crippen LogP contribution in [0.15, 0.2) is 53.7 Å². The number of hydrogen-bond donors (Lipinski definition) is 1. The van der Waals surface area contributed by atoms with Gasteiger partial charge in [-0.05, 0) is 24.3 Å². The van der Waals surface area contributed by atoms with Crippen molar-refractivity contribution in [3.05, 3.63) is 48.8 Å². The summed E-state index contributed by atoms with van der Waals surface area (Å²) in [5, 5.41) is 3.06. The van der Waals surface area contributed by atoms with Gasteiger partial charge in [0, 0.05) is 24.3 Å². The van der Waals surface area contributed by atoms with Gasteiger partial charge in [0.2, 0.25) is 0 Å². The highest BCUT2D eigenvalue weighted by Crippen LogP contribution is 2.24. The molecule has 0 spiro atoms. The molecule has 0 bridgehead atoms. The summed E-state index contributed by atoms with van der Waals surface area (Å²) in [5.74, 6) is 0. The minimum atomic E-state index is -3.23. The summed E-state index contributed by atoms with van der Waals surface area (Å²) >= 11 is 0. The van der Waals surface area contributed by atoms with E-state index in [1.54, 1.807) is 48.8 Å². The van der Waals surface area contributed by atoms with Gasteiger partial charge in [-0.2, -0.15) is 0 Å².